The standard InChI is InChI=1S/C17H19N3O3/c1-2-23-17(21)14-5-3-13(4-6-14)15-7-8-16(19-18-15)20-9-11-22-12-10-20/h3-8H,2,9-12H2,1H3. The largest absolute Gasteiger partial charge is 0.462 e. The van der Waals surface area contributed by atoms with Crippen LogP contribution < -0.4 is 4.90 Å². The van der Waals surface area contributed by atoms with Gasteiger partial charge in [-0.15, -0.1) is 10.2 Å². The number of carbonyl (C=O) groups is 1. The predicted molar refractivity (Wildman–Crippen MR) is 86.5 cm³/mol. The Hall–Kier alpha value is -2.47. The molecule has 6 heteroatoms. The molecule has 1 aromatic heterocycles. The normalized spacial score (nSPS) is 14.6. The molecule has 0 aliphatic carbocycles. The maximum Gasteiger partial charge on any atom is 0.338 e. The van der Waals surface area contributed by atoms with Gasteiger partial charge in [-0.05, 0) is 31.2 Å². The molecule has 1 aliphatic rings. The van der Waals surface area contributed by atoms with E-state index in [0.717, 1.165) is 43.4 Å². The van der Waals surface area contributed by atoms with Gasteiger partial charge in [-0.1, -0.05) is 12.1 Å². The molecule has 3 rings (SSSR count). The van der Waals surface area contributed by atoms with E-state index < -0.39 is 0 Å². The smallest absolute Gasteiger partial charge is 0.338 e. The van der Waals surface area contributed by atoms with Crippen LogP contribution in [0.3, 0.4) is 0 Å². The number of aromatic nitrogens is 2. The van der Waals surface area contributed by atoms with Crippen molar-refractivity contribution in [2.75, 3.05) is 37.8 Å². The number of esters is 1. The molecule has 0 amide bonds. The van der Waals surface area contributed by atoms with Gasteiger partial charge in [0.2, 0.25) is 0 Å². The second kappa shape index (κ2) is 7.19. The Morgan fingerprint density at radius 1 is 1.13 bits per heavy atom. The molecule has 1 aromatic carbocycles. The van der Waals surface area contributed by atoms with Crippen LogP contribution >= 0.6 is 0 Å². The third kappa shape index (κ3) is 3.65. The zero-order chi connectivity index (χ0) is 16.1. The Balaban J connectivity index is 1.72. The van der Waals surface area contributed by atoms with Crippen LogP contribution in [0.4, 0.5) is 5.82 Å². The van der Waals surface area contributed by atoms with Crippen molar-refractivity contribution in [3.8, 4) is 11.3 Å². The van der Waals surface area contributed by atoms with E-state index in [-0.39, 0.29) is 5.97 Å². The lowest BCUT2D eigenvalue weighted by Gasteiger charge is -2.27. The highest BCUT2D eigenvalue weighted by molar-refractivity contribution is 5.89. The van der Waals surface area contributed by atoms with Crippen molar-refractivity contribution < 1.29 is 14.3 Å². The molecule has 23 heavy (non-hydrogen) atoms. The summed E-state index contributed by atoms with van der Waals surface area (Å²) < 4.78 is 10.3. The Morgan fingerprint density at radius 2 is 1.87 bits per heavy atom. The fourth-order valence-corrected chi connectivity index (χ4v) is 2.43. The van der Waals surface area contributed by atoms with Crippen LogP contribution in [0, 0.1) is 0 Å². The molecule has 0 saturated carbocycles. The van der Waals surface area contributed by atoms with Crippen LogP contribution in [-0.4, -0.2) is 49.1 Å². The number of morpholine rings is 1. The summed E-state index contributed by atoms with van der Waals surface area (Å²) in [6.45, 7) is 5.27. The molecule has 120 valence electrons. The predicted octanol–water partition coefficient (Wildman–Crippen LogP) is 2.16. The minimum atomic E-state index is -0.312. The van der Waals surface area contributed by atoms with Gasteiger partial charge in [-0.2, -0.15) is 0 Å². The molecule has 1 saturated heterocycles. The van der Waals surface area contributed by atoms with Crippen molar-refractivity contribution in [3.63, 3.8) is 0 Å². The van der Waals surface area contributed by atoms with Crippen molar-refractivity contribution in [1.82, 2.24) is 10.2 Å². The summed E-state index contributed by atoms with van der Waals surface area (Å²) in [5.41, 5.74) is 2.23. The van der Waals surface area contributed by atoms with Gasteiger partial charge in [0.15, 0.2) is 5.82 Å². The number of hydrogen-bond donors (Lipinski definition) is 0. The summed E-state index contributed by atoms with van der Waals surface area (Å²) in [5, 5.41) is 8.58. The average Bonchev–Trinajstić information content (AvgIpc) is 2.63. The third-order valence-corrected chi connectivity index (χ3v) is 3.68. The van der Waals surface area contributed by atoms with E-state index in [9.17, 15) is 4.79 Å². The van der Waals surface area contributed by atoms with Gasteiger partial charge in [-0.25, -0.2) is 4.79 Å². The summed E-state index contributed by atoms with van der Waals surface area (Å²) in [5.74, 6) is 0.549. The fraction of sp³-hybridized carbons (Fsp3) is 0.353. The fourth-order valence-electron chi connectivity index (χ4n) is 2.43. The summed E-state index contributed by atoms with van der Waals surface area (Å²) in [4.78, 5) is 13.8. The summed E-state index contributed by atoms with van der Waals surface area (Å²) in [6, 6.07) is 11.1. The number of nitrogens with zero attached hydrogens (tertiary/aromatic N) is 3. The Kier molecular flexibility index (Phi) is 4.83. The molecule has 0 N–H and O–H groups in total. The Morgan fingerprint density at radius 3 is 2.48 bits per heavy atom. The molecule has 6 nitrogen and oxygen atoms in total. The summed E-state index contributed by atoms with van der Waals surface area (Å²) in [7, 11) is 0. The summed E-state index contributed by atoms with van der Waals surface area (Å²) >= 11 is 0. The van der Waals surface area contributed by atoms with Crippen molar-refractivity contribution in [2.24, 2.45) is 0 Å². The molecule has 0 radical (unpaired) electrons. The topological polar surface area (TPSA) is 64.5 Å². The van der Waals surface area contributed by atoms with E-state index in [1.807, 2.05) is 24.3 Å². The van der Waals surface area contributed by atoms with E-state index >= 15 is 0 Å². The Labute approximate surface area is 135 Å². The number of carbonyl (C=O) groups excluding carboxylic acids is 1. The first kappa shape index (κ1) is 15.4. The van der Waals surface area contributed by atoms with Crippen molar-refractivity contribution in [1.29, 1.82) is 0 Å². The SMILES string of the molecule is CCOC(=O)c1ccc(-c2ccc(N3CCOCC3)nn2)cc1. The average molecular weight is 313 g/mol. The second-order valence-corrected chi connectivity index (χ2v) is 5.17. The van der Waals surface area contributed by atoms with Crippen LogP contribution in [0.15, 0.2) is 36.4 Å². The molecule has 2 aromatic rings. The molecule has 1 aliphatic heterocycles. The first-order valence-electron chi connectivity index (χ1n) is 7.72. The van der Waals surface area contributed by atoms with Crippen LogP contribution in [0.5, 0.6) is 0 Å². The van der Waals surface area contributed by atoms with Gasteiger partial charge in [0.05, 0.1) is 31.1 Å². The molecule has 1 fully saturated rings. The highest BCUT2D eigenvalue weighted by atomic mass is 16.5. The third-order valence-electron chi connectivity index (χ3n) is 3.68. The maximum absolute atomic E-state index is 11.6. The van der Waals surface area contributed by atoms with E-state index in [1.54, 1.807) is 19.1 Å². The van der Waals surface area contributed by atoms with Crippen LogP contribution in [0.25, 0.3) is 11.3 Å². The molecule has 2 heterocycles. The van der Waals surface area contributed by atoms with E-state index in [4.69, 9.17) is 9.47 Å². The van der Waals surface area contributed by atoms with E-state index in [2.05, 4.69) is 15.1 Å². The van der Waals surface area contributed by atoms with E-state index in [1.165, 1.54) is 0 Å². The zero-order valence-corrected chi connectivity index (χ0v) is 13.1. The van der Waals surface area contributed by atoms with Crippen molar-refractivity contribution in [3.05, 3.63) is 42.0 Å². The van der Waals surface area contributed by atoms with Gasteiger partial charge in [0.1, 0.15) is 0 Å². The van der Waals surface area contributed by atoms with Crippen molar-refractivity contribution in [2.45, 2.75) is 6.92 Å². The zero-order valence-electron chi connectivity index (χ0n) is 13.1. The minimum absolute atomic E-state index is 0.312. The van der Waals surface area contributed by atoms with Crippen LogP contribution in [-0.2, 0) is 9.47 Å². The molecule has 0 spiro atoms. The molecule has 0 bridgehead atoms. The first-order valence-corrected chi connectivity index (χ1v) is 7.72. The van der Waals surface area contributed by atoms with Gasteiger partial charge in [-0.3, -0.25) is 0 Å². The maximum atomic E-state index is 11.6. The quantitative estimate of drug-likeness (QED) is 0.806. The highest BCUT2D eigenvalue weighted by Gasteiger charge is 2.13. The van der Waals surface area contributed by atoms with Gasteiger partial charge in [0, 0.05) is 18.7 Å². The lowest BCUT2D eigenvalue weighted by Crippen LogP contribution is -2.36. The highest BCUT2D eigenvalue weighted by Crippen LogP contribution is 2.20. The lowest BCUT2D eigenvalue weighted by molar-refractivity contribution is 0.0526. The van der Waals surface area contributed by atoms with Gasteiger partial charge in [0.25, 0.3) is 0 Å². The van der Waals surface area contributed by atoms with Crippen LogP contribution in [0.2, 0.25) is 0 Å². The minimum Gasteiger partial charge on any atom is -0.462 e. The number of anilines is 1. The number of rotatable bonds is 4. The van der Waals surface area contributed by atoms with E-state index in [0.29, 0.717) is 12.2 Å². The molecular formula is C17H19N3O3. The molecule has 0 unspecified atom stereocenters. The lowest BCUT2D eigenvalue weighted by atomic mass is 10.1. The number of ether oxygens (including phenoxy) is 2. The number of hydrogen-bond acceptors (Lipinski definition) is 6. The Bertz CT molecular complexity index is 650. The second-order valence-electron chi connectivity index (χ2n) is 5.17. The summed E-state index contributed by atoms with van der Waals surface area (Å²) in [6.07, 6.45) is 0. The van der Waals surface area contributed by atoms with Gasteiger partial charge < -0.3 is 14.4 Å². The van der Waals surface area contributed by atoms with Crippen LogP contribution in [0.1, 0.15) is 17.3 Å². The number of benzene rings is 1. The monoisotopic (exact) mass is 313 g/mol. The molecule has 0 atom stereocenters. The first-order chi connectivity index (χ1) is 11.3. The van der Waals surface area contributed by atoms with Crippen molar-refractivity contribution >= 4 is 11.8 Å². The van der Waals surface area contributed by atoms with Gasteiger partial charge >= 0.3 is 5.97 Å². The molecular weight excluding hydrogens is 294 g/mol.